The molecule has 0 aliphatic heterocycles. The molecule has 1 heterocycles. The Morgan fingerprint density at radius 1 is 1.35 bits per heavy atom. The van der Waals surface area contributed by atoms with Gasteiger partial charge in [-0.3, -0.25) is 0 Å². The van der Waals surface area contributed by atoms with Crippen LogP contribution < -0.4 is 5.32 Å². The van der Waals surface area contributed by atoms with E-state index in [4.69, 9.17) is 0 Å². The molecule has 1 aromatic carbocycles. The molecule has 106 valence electrons. The van der Waals surface area contributed by atoms with Crippen molar-refractivity contribution >= 4 is 5.69 Å². The lowest BCUT2D eigenvalue weighted by Crippen LogP contribution is -2.15. The van der Waals surface area contributed by atoms with Gasteiger partial charge in [0.25, 0.3) is 0 Å². The maximum atomic E-state index is 4.01. The van der Waals surface area contributed by atoms with Crippen molar-refractivity contribution in [3.8, 4) is 5.69 Å². The Bertz CT molecular complexity index is 577. The number of benzene rings is 1. The van der Waals surface area contributed by atoms with Gasteiger partial charge in [0, 0.05) is 11.7 Å². The van der Waals surface area contributed by atoms with Gasteiger partial charge >= 0.3 is 0 Å². The molecule has 1 aromatic heterocycles. The predicted octanol–water partition coefficient (Wildman–Crippen LogP) is 2.96. The highest BCUT2D eigenvalue weighted by Gasteiger charge is 2.23. The Hall–Kier alpha value is -1.91. The van der Waals surface area contributed by atoms with Gasteiger partial charge in [-0.25, -0.2) is 0 Å². The van der Waals surface area contributed by atoms with Crippen molar-refractivity contribution in [1.29, 1.82) is 0 Å². The second-order valence-electron chi connectivity index (χ2n) is 5.62. The van der Waals surface area contributed by atoms with E-state index in [2.05, 4.69) is 39.9 Å². The smallest absolute Gasteiger partial charge is 0.153 e. The average molecular weight is 271 g/mol. The van der Waals surface area contributed by atoms with Crippen LogP contribution in [0.1, 0.15) is 38.4 Å². The van der Waals surface area contributed by atoms with Gasteiger partial charge in [-0.05, 0) is 60.7 Å². The fourth-order valence-electron chi connectivity index (χ4n) is 3.01. The summed E-state index contributed by atoms with van der Waals surface area (Å²) in [7, 11) is 0. The normalized spacial score (nSPS) is 22.1. The van der Waals surface area contributed by atoms with Gasteiger partial charge in [-0.2, -0.15) is 4.68 Å². The highest BCUT2D eigenvalue weighted by molar-refractivity contribution is 5.51. The number of aryl methyl sites for hydroxylation is 1. The van der Waals surface area contributed by atoms with Crippen molar-refractivity contribution in [2.24, 2.45) is 5.92 Å². The summed E-state index contributed by atoms with van der Waals surface area (Å²) in [5.74, 6) is 1.69. The molecule has 2 atom stereocenters. The van der Waals surface area contributed by atoms with Crippen molar-refractivity contribution < 1.29 is 0 Å². The second kappa shape index (κ2) is 5.61. The van der Waals surface area contributed by atoms with E-state index >= 15 is 0 Å². The second-order valence-corrected chi connectivity index (χ2v) is 5.62. The molecule has 0 spiro atoms. The molecule has 0 saturated heterocycles. The molecule has 3 rings (SSSR count). The zero-order valence-electron chi connectivity index (χ0n) is 12.1. The van der Waals surface area contributed by atoms with Crippen LogP contribution in [0, 0.1) is 12.8 Å². The first-order valence-electron chi connectivity index (χ1n) is 7.38. The van der Waals surface area contributed by atoms with Crippen LogP contribution in [0.15, 0.2) is 24.3 Å². The molecular formula is C15H21N5. The molecule has 1 aliphatic carbocycles. The van der Waals surface area contributed by atoms with Crippen molar-refractivity contribution in [3.63, 3.8) is 0 Å². The van der Waals surface area contributed by atoms with Gasteiger partial charge in [0.1, 0.15) is 0 Å². The lowest BCUT2D eigenvalue weighted by atomic mass is 10.1. The molecule has 1 N–H and O–H groups in total. The third kappa shape index (κ3) is 2.66. The van der Waals surface area contributed by atoms with Gasteiger partial charge in [-0.15, -0.1) is 5.10 Å². The van der Waals surface area contributed by atoms with Crippen LogP contribution >= 0.6 is 0 Å². The molecule has 2 aromatic rings. The van der Waals surface area contributed by atoms with Gasteiger partial charge in [0.2, 0.25) is 0 Å². The maximum absolute atomic E-state index is 4.01. The summed E-state index contributed by atoms with van der Waals surface area (Å²) in [6.45, 7) is 4.19. The molecule has 0 bridgehead atoms. The Morgan fingerprint density at radius 2 is 2.25 bits per heavy atom. The Morgan fingerprint density at radius 3 is 2.95 bits per heavy atom. The Kier molecular flexibility index (Phi) is 3.67. The quantitative estimate of drug-likeness (QED) is 0.929. The number of hydrogen-bond donors (Lipinski definition) is 1. The topological polar surface area (TPSA) is 55.6 Å². The van der Waals surface area contributed by atoms with Crippen LogP contribution in [0.4, 0.5) is 5.69 Å². The molecule has 20 heavy (non-hydrogen) atoms. The van der Waals surface area contributed by atoms with E-state index in [1.54, 1.807) is 4.68 Å². The van der Waals surface area contributed by atoms with E-state index in [1.165, 1.54) is 25.7 Å². The number of hydrogen-bond acceptors (Lipinski definition) is 4. The maximum Gasteiger partial charge on any atom is 0.153 e. The van der Waals surface area contributed by atoms with E-state index in [1.807, 2.05) is 19.1 Å². The van der Waals surface area contributed by atoms with Crippen LogP contribution in [-0.4, -0.2) is 26.2 Å². The number of rotatable bonds is 4. The molecule has 2 unspecified atom stereocenters. The van der Waals surface area contributed by atoms with Gasteiger partial charge in [-0.1, -0.05) is 19.4 Å². The summed E-state index contributed by atoms with van der Waals surface area (Å²) in [6, 6.07) is 8.90. The van der Waals surface area contributed by atoms with Crippen LogP contribution in [0.2, 0.25) is 0 Å². The lowest BCUT2D eigenvalue weighted by Gasteiger charge is -2.15. The van der Waals surface area contributed by atoms with Crippen LogP contribution in [-0.2, 0) is 0 Å². The van der Waals surface area contributed by atoms with Crippen LogP contribution in [0.5, 0.6) is 0 Å². The van der Waals surface area contributed by atoms with Gasteiger partial charge in [0.05, 0.1) is 5.69 Å². The molecule has 1 aliphatic rings. The SMILES string of the molecule is CCC1CCC(Nc2cccc(-n3nnnc3C)c2)C1. The summed E-state index contributed by atoms with van der Waals surface area (Å²) >= 11 is 0. The molecule has 0 amide bonds. The van der Waals surface area contributed by atoms with Gasteiger partial charge in [0.15, 0.2) is 5.82 Å². The van der Waals surface area contributed by atoms with Crippen molar-refractivity contribution in [2.75, 3.05) is 5.32 Å². The highest BCUT2D eigenvalue weighted by Crippen LogP contribution is 2.30. The third-order valence-corrected chi connectivity index (χ3v) is 4.21. The summed E-state index contributed by atoms with van der Waals surface area (Å²) in [5.41, 5.74) is 2.15. The molecule has 5 heteroatoms. The van der Waals surface area contributed by atoms with E-state index < -0.39 is 0 Å². The minimum absolute atomic E-state index is 0.602. The zero-order chi connectivity index (χ0) is 13.9. The fourth-order valence-corrected chi connectivity index (χ4v) is 3.01. The minimum atomic E-state index is 0.602. The summed E-state index contributed by atoms with van der Waals surface area (Å²) in [6.07, 6.45) is 5.19. The fraction of sp³-hybridized carbons (Fsp3) is 0.533. The zero-order valence-corrected chi connectivity index (χ0v) is 12.1. The first-order valence-corrected chi connectivity index (χ1v) is 7.38. The number of nitrogens with zero attached hydrogens (tertiary/aromatic N) is 4. The largest absolute Gasteiger partial charge is 0.382 e. The predicted molar refractivity (Wildman–Crippen MR) is 78.9 cm³/mol. The average Bonchev–Trinajstić information content (AvgIpc) is 3.08. The van der Waals surface area contributed by atoms with Crippen molar-refractivity contribution in [3.05, 3.63) is 30.1 Å². The monoisotopic (exact) mass is 271 g/mol. The van der Waals surface area contributed by atoms with Crippen LogP contribution in [0.3, 0.4) is 0 Å². The molecule has 5 nitrogen and oxygen atoms in total. The van der Waals surface area contributed by atoms with Crippen molar-refractivity contribution in [1.82, 2.24) is 20.2 Å². The van der Waals surface area contributed by atoms with Crippen LogP contribution in [0.25, 0.3) is 5.69 Å². The summed E-state index contributed by atoms with van der Waals surface area (Å²) < 4.78 is 1.76. The van der Waals surface area contributed by atoms with Crippen molar-refractivity contribution in [2.45, 2.75) is 45.6 Å². The van der Waals surface area contributed by atoms with E-state index in [0.29, 0.717) is 6.04 Å². The standard InChI is InChI=1S/C15H21N5/c1-3-12-7-8-14(9-12)16-13-5-4-6-15(10-13)20-11(2)17-18-19-20/h4-6,10,12,14,16H,3,7-9H2,1-2H3. The molecule has 1 saturated carbocycles. The summed E-state index contributed by atoms with van der Waals surface area (Å²) in [5, 5.41) is 15.3. The first kappa shape index (κ1) is 13.1. The summed E-state index contributed by atoms with van der Waals surface area (Å²) in [4.78, 5) is 0. The lowest BCUT2D eigenvalue weighted by molar-refractivity contribution is 0.525. The molecule has 0 radical (unpaired) electrons. The van der Waals surface area contributed by atoms with Gasteiger partial charge < -0.3 is 5.32 Å². The Labute approximate surface area is 119 Å². The number of nitrogens with one attached hydrogen (secondary N) is 1. The van der Waals surface area contributed by atoms with E-state index in [0.717, 1.165) is 23.1 Å². The number of aromatic nitrogens is 4. The molecule has 1 fully saturated rings. The van der Waals surface area contributed by atoms with E-state index in [9.17, 15) is 0 Å². The Balaban J connectivity index is 1.74. The minimum Gasteiger partial charge on any atom is -0.382 e. The van der Waals surface area contributed by atoms with E-state index in [-0.39, 0.29) is 0 Å². The molecular weight excluding hydrogens is 250 g/mol. The first-order chi connectivity index (χ1) is 9.76. The number of tetrazole rings is 1. The third-order valence-electron chi connectivity index (χ3n) is 4.21. The number of anilines is 1. The highest BCUT2D eigenvalue weighted by atomic mass is 15.5.